The molecule has 0 bridgehead atoms. The van der Waals surface area contributed by atoms with Crippen LogP contribution in [0.1, 0.15) is 31.1 Å². The summed E-state index contributed by atoms with van der Waals surface area (Å²) in [7, 11) is 3.62. The number of aryl methyl sites for hydroxylation is 1. The molecule has 2 atom stereocenters. The lowest BCUT2D eigenvalue weighted by atomic mass is 10.0. The van der Waals surface area contributed by atoms with Crippen molar-refractivity contribution < 1.29 is 18.7 Å². The van der Waals surface area contributed by atoms with Crippen molar-refractivity contribution in [1.29, 1.82) is 0 Å². The summed E-state index contributed by atoms with van der Waals surface area (Å²) in [5.41, 5.74) is 0. The predicted molar refractivity (Wildman–Crippen MR) is 136 cm³/mol. The first kappa shape index (κ1) is 26.0. The minimum Gasteiger partial charge on any atom is -0.446 e. The van der Waals surface area contributed by atoms with E-state index in [9.17, 15) is 14.0 Å². The van der Waals surface area contributed by atoms with Crippen LogP contribution < -0.4 is 15.5 Å². The summed E-state index contributed by atoms with van der Waals surface area (Å²) in [5, 5.41) is 5.90. The third-order valence-electron chi connectivity index (χ3n) is 6.53. The number of thiazole rings is 1. The number of urea groups is 1. The molecule has 2 aliphatic heterocycles. The lowest BCUT2D eigenvalue weighted by Gasteiger charge is -2.39. The maximum Gasteiger partial charge on any atom is 0.413 e. The van der Waals surface area contributed by atoms with Gasteiger partial charge in [0.05, 0.1) is 6.04 Å². The number of halogens is 1. The molecule has 0 saturated carbocycles. The molecular weight excluding hydrogens is 487 g/mol. The molecule has 0 radical (unpaired) electrons. The van der Waals surface area contributed by atoms with Gasteiger partial charge in [-0.15, -0.1) is 11.3 Å². The van der Waals surface area contributed by atoms with E-state index in [1.165, 1.54) is 22.4 Å². The highest BCUT2D eigenvalue weighted by molar-refractivity contribution is 7.15. The number of likely N-dealkylation sites (N-methyl/N-ethyl adjacent to an activating group) is 1. The van der Waals surface area contributed by atoms with E-state index < -0.39 is 24.3 Å². The van der Waals surface area contributed by atoms with Gasteiger partial charge in [0.15, 0.2) is 5.13 Å². The molecule has 0 spiro atoms. The third-order valence-corrected chi connectivity index (χ3v) is 7.59. The van der Waals surface area contributed by atoms with Crippen LogP contribution in [-0.4, -0.2) is 95.5 Å². The van der Waals surface area contributed by atoms with Crippen molar-refractivity contribution in [3.63, 3.8) is 0 Å². The van der Waals surface area contributed by atoms with E-state index in [2.05, 4.69) is 30.5 Å². The summed E-state index contributed by atoms with van der Waals surface area (Å²) in [6.07, 6.45) is 4.03. The molecule has 4 rings (SSSR count). The Kier molecular flexibility index (Phi) is 8.52. The summed E-state index contributed by atoms with van der Waals surface area (Å²) in [4.78, 5) is 44.5. The summed E-state index contributed by atoms with van der Waals surface area (Å²) in [6, 6.07) is 0.463. The number of anilines is 3. The van der Waals surface area contributed by atoms with Crippen molar-refractivity contribution in [2.75, 3.05) is 55.8 Å². The molecule has 2 N–H and O–H groups in total. The van der Waals surface area contributed by atoms with Gasteiger partial charge in [0, 0.05) is 50.5 Å². The zero-order valence-corrected chi connectivity index (χ0v) is 21.6. The molecule has 2 aliphatic rings. The van der Waals surface area contributed by atoms with Crippen molar-refractivity contribution in [3.8, 4) is 0 Å². The summed E-state index contributed by atoms with van der Waals surface area (Å²) in [5.74, 6) is 0.656. The number of alkyl halides is 1. The summed E-state index contributed by atoms with van der Waals surface area (Å²) < 4.78 is 20.4. The van der Waals surface area contributed by atoms with Crippen LogP contribution in [0.4, 0.5) is 30.9 Å². The lowest BCUT2D eigenvalue weighted by molar-refractivity contribution is 0.0661. The Morgan fingerprint density at radius 2 is 2.00 bits per heavy atom. The fourth-order valence-corrected chi connectivity index (χ4v) is 5.01. The molecule has 2 saturated heterocycles. The average Bonchev–Trinajstić information content (AvgIpc) is 3.33. The molecule has 0 unspecified atom stereocenters. The van der Waals surface area contributed by atoms with Gasteiger partial charge in [0.25, 0.3) is 0 Å². The minimum absolute atomic E-state index is 0.119. The van der Waals surface area contributed by atoms with Crippen molar-refractivity contribution in [2.24, 2.45) is 0 Å². The second kappa shape index (κ2) is 11.8. The zero-order valence-electron chi connectivity index (χ0n) is 20.8. The standard InChI is InChI=1S/C23H33FN8O3S/c1-4-16-13-26-21(36-16)29-22(33)31(3)18-14-32(12-8-17(18)24)20-25-9-5-19(27-20)28-23(34)35-15-6-10-30(2)11-7-15/h5,9,13,15,17-18H,4,6-8,10-12,14H2,1-3H3,(H,26,29,33)(H,25,27,28,34)/t17-,18+/m1/s1. The van der Waals surface area contributed by atoms with Crippen molar-refractivity contribution in [3.05, 3.63) is 23.3 Å². The van der Waals surface area contributed by atoms with E-state index in [1.807, 2.05) is 18.9 Å². The fourth-order valence-electron chi connectivity index (χ4n) is 4.27. The van der Waals surface area contributed by atoms with Crippen LogP contribution in [0.2, 0.25) is 0 Å². The minimum atomic E-state index is -1.19. The second-order valence-electron chi connectivity index (χ2n) is 9.12. The largest absolute Gasteiger partial charge is 0.446 e. The highest BCUT2D eigenvalue weighted by Crippen LogP contribution is 2.24. The normalized spacial score (nSPS) is 21.2. The van der Waals surface area contributed by atoms with Crippen LogP contribution in [-0.2, 0) is 11.2 Å². The number of hydrogen-bond acceptors (Lipinski definition) is 9. The average molecular weight is 521 g/mol. The van der Waals surface area contributed by atoms with Gasteiger partial charge in [-0.05, 0) is 38.8 Å². The van der Waals surface area contributed by atoms with Gasteiger partial charge in [-0.2, -0.15) is 4.98 Å². The smallest absolute Gasteiger partial charge is 0.413 e. The van der Waals surface area contributed by atoms with Crippen LogP contribution in [0.15, 0.2) is 18.5 Å². The Labute approximate surface area is 214 Å². The number of amides is 3. The number of nitrogens with one attached hydrogen (secondary N) is 2. The number of nitrogens with zero attached hydrogens (tertiary/aromatic N) is 6. The molecule has 196 valence electrons. The molecule has 36 heavy (non-hydrogen) atoms. The van der Waals surface area contributed by atoms with Gasteiger partial charge in [-0.3, -0.25) is 10.6 Å². The quantitative estimate of drug-likeness (QED) is 0.597. The summed E-state index contributed by atoms with van der Waals surface area (Å²) in [6.45, 7) is 4.39. The maximum absolute atomic E-state index is 14.9. The first-order valence-electron chi connectivity index (χ1n) is 12.2. The molecule has 3 amide bonds. The molecule has 0 aliphatic carbocycles. The van der Waals surface area contributed by atoms with E-state index in [-0.39, 0.29) is 19.1 Å². The number of piperidine rings is 2. The number of carbonyl (C=O) groups excluding carboxylic acids is 2. The predicted octanol–water partition coefficient (Wildman–Crippen LogP) is 3.22. The first-order chi connectivity index (χ1) is 17.3. The number of ether oxygens (including phenoxy) is 1. The van der Waals surface area contributed by atoms with Crippen LogP contribution >= 0.6 is 11.3 Å². The van der Waals surface area contributed by atoms with Gasteiger partial charge in [-0.25, -0.2) is 23.9 Å². The van der Waals surface area contributed by atoms with Crippen LogP contribution in [0.25, 0.3) is 0 Å². The highest BCUT2D eigenvalue weighted by atomic mass is 32.1. The topological polar surface area (TPSA) is 116 Å². The number of likely N-dealkylation sites (tertiary alicyclic amines) is 1. The Balaban J connectivity index is 1.35. The van der Waals surface area contributed by atoms with Crippen molar-refractivity contribution >= 4 is 40.4 Å². The van der Waals surface area contributed by atoms with Gasteiger partial charge >= 0.3 is 12.1 Å². The van der Waals surface area contributed by atoms with E-state index >= 15 is 0 Å². The van der Waals surface area contributed by atoms with Gasteiger partial charge < -0.3 is 19.4 Å². The van der Waals surface area contributed by atoms with Crippen LogP contribution in [0, 0.1) is 0 Å². The van der Waals surface area contributed by atoms with Gasteiger partial charge in [0.1, 0.15) is 18.1 Å². The first-order valence-corrected chi connectivity index (χ1v) is 13.0. The molecular formula is C23H33FN8O3S. The Bertz CT molecular complexity index is 1050. The summed E-state index contributed by atoms with van der Waals surface area (Å²) >= 11 is 1.40. The maximum atomic E-state index is 14.9. The fraction of sp³-hybridized carbons (Fsp3) is 0.609. The second-order valence-corrected chi connectivity index (χ2v) is 10.2. The molecule has 13 heteroatoms. The van der Waals surface area contributed by atoms with Crippen molar-refractivity contribution in [1.82, 2.24) is 24.8 Å². The third kappa shape index (κ3) is 6.58. The highest BCUT2D eigenvalue weighted by Gasteiger charge is 2.35. The molecule has 4 heterocycles. The molecule has 2 aromatic heterocycles. The number of carbonyl (C=O) groups is 2. The Morgan fingerprint density at radius 1 is 1.22 bits per heavy atom. The zero-order chi connectivity index (χ0) is 25.7. The van der Waals surface area contributed by atoms with E-state index in [1.54, 1.807) is 19.3 Å². The van der Waals surface area contributed by atoms with Crippen LogP contribution in [0.5, 0.6) is 0 Å². The van der Waals surface area contributed by atoms with Gasteiger partial charge in [0.2, 0.25) is 5.95 Å². The van der Waals surface area contributed by atoms with Gasteiger partial charge in [-0.1, -0.05) is 6.92 Å². The molecule has 2 fully saturated rings. The Hall–Kier alpha value is -3.06. The number of aromatic nitrogens is 3. The lowest BCUT2D eigenvalue weighted by Crippen LogP contribution is -2.55. The monoisotopic (exact) mass is 520 g/mol. The van der Waals surface area contributed by atoms with E-state index in [0.717, 1.165) is 37.2 Å². The van der Waals surface area contributed by atoms with E-state index in [0.29, 0.717) is 23.4 Å². The van der Waals surface area contributed by atoms with Crippen LogP contribution in [0.3, 0.4) is 0 Å². The molecule has 2 aromatic rings. The molecule has 0 aromatic carbocycles. The SMILES string of the molecule is CCc1cnc(NC(=O)N(C)[C@H]2CN(c3nccc(NC(=O)OC4CCN(C)CC4)n3)CC[C@H]2F)s1. The molecule has 11 nitrogen and oxygen atoms in total. The number of rotatable bonds is 6. The Morgan fingerprint density at radius 3 is 2.72 bits per heavy atom. The van der Waals surface area contributed by atoms with E-state index in [4.69, 9.17) is 4.74 Å². The van der Waals surface area contributed by atoms with Crippen molar-refractivity contribution in [2.45, 2.75) is 50.9 Å². The number of hydrogen-bond donors (Lipinski definition) is 2.